The predicted molar refractivity (Wildman–Crippen MR) is 144 cm³/mol. The molecular weight excluding hydrogens is 578 g/mol. The number of methoxy groups -OCH3 is 1. The number of nitrogens with one attached hydrogen (secondary N) is 1. The molecule has 14 heteroatoms. The third-order valence-electron chi connectivity index (χ3n) is 7.04. The number of primary amides is 1. The Morgan fingerprint density at radius 2 is 1.84 bits per heavy atom. The van der Waals surface area contributed by atoms with Crippen LogP contribution in [0.3, 0.4) is 0 Å². The fraction of sp³-hybridized carbons (Fsp3) is 0.345. The summed E-state index contributed by atoms with van der Waals surface area (Å²) in [6.07, 6.45) is -6.17. The lowest BCUT2D eigenvalue weighted by Crippen LogP contribution is -2.51. The lowest BCUT2D eigenvalue weighted by Gasteiger charge is -2.31. The van der Waals surface area contributed by atoms with Crippen molar-refractivity contribution in [2.45, 2.75) is 37.1 Å². The van der Waals surface area contributed by atoms with Gasteiger partial charge in [-0.05, 0) is 62.4 Å². The molecule has 230 valence electrons. The fourth-order valence-electron chi connectivity index (χ4n) is 4.39. The molecular formula is C29H29F4N3O7. The summed E-state index contributed by atoms with van der Waals surface area (Å²) in [5.41, 5.74) is -0.930. The number of nitrogens with zero attached hydrogens (tertiary/aromatic N) is 1. The smallest absolute Gasteiger partial charge is 0.424 e. The first-order valence-electron chi connectivity index (χ1n) is 12.9. The minimum absolute atomic E-state index is 0.0461. The van der Waals surface area contributed by atoms with Crippen molar-refractivity contribution in [1.82, 2.24) is 10.3 Å². The number of rotatable bonds is 10. The van der Waals surface area contributed by atoms with Gasteiger partial charge in [-0.15, -0.1) is 0 Å². The lowest BCUT2D eigenvalue weighted by molar-refractivity contribution is -0.265. The van der Waals surface area contributed by atoms with Gasteiger partial charge < -0.3 is 35.5 Å². The summed E-state index contributed by atoms with van der Waals surface area (Å²) < 4.78 is 73.6. The topological polar surface area (TPSA) is 153 Å². The summed E-state index contributed by atoms with van der Waals surface area (Å²) >= 11 is 0. The Morgan fingerprint density at radius 3 is 2.42 bits per heavy atom. The van der Waals surface area contributed by atoms with E-state index in [2.05, 4.69) is 10.3 Å². The number of nitrogens with two attached hydrogens (primary N) is 1. The van der Waals surface area contributed by atoms with E-state index < -0.39 is 53.2 Å². The van der Waals surface area contributed by atoms with Gasteiger partial charge >= 0.3 is 6.18 Å². The molecule has 0 spiro atoms. The van der Waals surface area contributed by atoms with E-state index >= 15 is 0 Å². The molecule has 1 aromatic heterocycles. The van der Waals surface area contributed by atoms with E-state index in [9.17, 15) is 37.4 Å². The molecule has 0 saturated carbocycles. The molecule has 43 heavy (non-hydrogen) atoms. The molecule has 3 atom stereocenters. The van der Waals surface area contributed by atoms with Crippen molar-refractivity contribution in [2.24, 2.45) is 5.73 Å². The molecule has 1 aliphatic heterocycles. The molecule has 4 rings (SSSR count). The maximum atomic E-state index is 14.6. The number of carbonyl (C=O) groups excluding carboxylic acids is 2. The zero-order chi connectivity index (χ0) is 31.7. The van der Waals surface area contributed by atoms with E-state index in [-0.39, 0.29) is 52.8 Å². The third kappa shape index (κ3) is 6.06. The molecule has 5 N–H and O–H groups in total. The summed E-state index contributed by atoms with van der Waals surface area (Å²) in [4.78, 5) is 29.3. The monoisotopic (exact) mass is 607 g/mol. The van der Waals surface area contributed by atoms with Crippen LogP contribution in [0.25, 0.3) is 11.3 Å². The van der Waals surface area contributed by atoms with Crippen LogP contribution in [-0.4, -0.2) is 66.2 Å². The SMILES string of the molecule is COc1cc(C(=O)NC[C@](O)(c2cc3c(c(-c4ccc(F)cc4)n2)OC[C@]3(C)C(N)=O)C(F)(F)F)ccc1OC[C@H](C)O. The van der Waals surface area contributed by atoms with Crippen molar-refractivity contribution < 1.29 is 51.6 Å². The minimum atomic E-state index is -5.37. The summed E-state index contributed by atoms with van der Waals surface area (Å²) in [5, 5.41) is 22.7. The number of carbonyl (C=O) groups is 2. The van der Waals surface area contributed by atoms with Crippen LogP contribution in [0, 0.1) is 5.82 Å². The molecule has 10 nitrogen and oxygen atoms in total. The van der Waals surface area contributed by atoms with Crippen LogP contribution >= 0.6 is 0 Å². The second kappa shape index (κ2) is 11.7. The second-order valence-corrected chi connectivity index (χ2v) is 10.3. The first-order chi connectivity index (χ1) is 20.1. The summed E-state index contributed by atoms with van der Waals surface area (Å²) in [6, 6.07) is 9.31. The molecule has 2 amide bonds. The van der Waals surface area contributed by atoms with E-state index in [0.717, 1.165) is 18.2 Å². The molecule has 3 aromatic rings. The first kappa shape index (κ1) is 31.5. The van der Waals surface area contributed by atoms with Crippen LogP contribution in [0.4, 0.5) is 17.6 Å². The molecule has 2 aromatic carbocycles. The molecule has 0 fully saturated rings. The van der Waals surface area contributed by atoms with E-state index in [0.29, 0.717) is 0 Å². The Balaban J connectivity index is 1.74. The van der Waals surface area contributed by atoms with Crippen molar-refractivity contribution in [2.75, 3.05) is 26.9 Å². The van der Waals surface area contributed by atoms with Crippen molar-refractivity contribution in [3.05, 3.63) is 71.2 Å². The highest BCUT2D eigenvalue weighted by Gasteiger charge is 2.57. The van der Waals surface area contributed by atoms with Gasteiger partial charge in [-0.2, -0.15) is 13.2 Å². The largest absolute Gasteiger partial charge is 0.493 e. The Kier molecular flexibility index (Phi) is 8.56. The van der Waals surface area contributed by atoms with E-state index in [1.165, 1.54) is 51.3 Å². The normalized spacial score (nSPS) is 18.2. The number of pyridine rings is 1. The Hall–Kier alpha value is -4.43. The molecule has 0 radical (unpaired) electrons. The minimum Gasteiger partial charge on any atom is -0.493 e. The molecule has 0 aliphatic carbocycles. The van der Waals surface area contributed by atoms with Gasteiger partial charge in [0.2, 0.25) is 11.5 Å². The number of amides is 2. The van der Waals surface area contributed by atoms with Crippen molar-refractivity contribution >= 4 is 11.8 Å². The number of aliphatic hydroxyl groups is 2. The number of aliphatic hydroxyl groups excluding tert-OH is 1. The number of fused-ring (bicyclic) bond motifs is 1. The highest BCUT2D eigenvalue weighted by molar-refractivity contribution is 5.95. The first-order valence-corrected chi connectivity index (χ1v) is 12.9. The number of benzene rings is 2. The van der Waals surface area contributed by atoms with Gasteiger partial charge in [0.15, 0.2) is 11.5 Å². The van der Waals surface area contributed by atoms with Crippen LogP contribution in [-0.2, 0) is 15.8 Å². The van der Waals surface area contributed by atoms with Crippen LogP contribution in [0.15, 0.2) is 48.5 Å². The summed E-state index contributed by atoms with van der Waals surface area (Å²) in [6.45, 7) is 1.11. The van der Waals surface area contributed by atoms with Gasteiger partial charge in [0.25, 0.3) is 5.91 Å². The number of hydrogen-bond acceptors (Lipinski definition) is 8. The van der Waals surface area contributed by atoms with Crippen molar-refractivity contribution in [3.63, 3.8) is 0 Å². The summed E-state index contributed by atoms with van der Waals surface area (Å²) in [5.74, 6) is -2.29. The average molecular weight is 608 g/mol. The Labute approximate surface area is 243 Å². The molecule has 1 aliphatic rings. The molecule has 0 unspecified atom stereocenters. The van der Waals surface area contributed by atoms with Crippen molar-refractivity contribution in [3.8, 4) is 28.5 Å². The molecule has 2 heterocycles. The Bertz CT molecular complexity index is 1530. The zero-order valence-corrected chi connectivity index (χ0v) is 23.3. The van der Waals surface area contributed by atoms with E-state index in [4.69, 9.17) is 19.9 Å². The van der Waals surface area contributed by atoms with Gasteiger partial charge in [0.1, 0.15) is 35.9 Å². The average Bonchev–Trinajstić information content (AvgIpc) is 3.31. The number of alkyl halides is 3. The zero-order valence-electron chi connectivity index (χ0n) is 23.3. The maximum Gasteiger partial charge on any atom is 0.424 e. The second-order valence-electron chi connectivity index (χ2n) is 10.3. The van der Waals surface area contributed by atoms with Gasteiger partial charge in [-0.25, -0.2) is 9.37 Å². The highest BCUT2D eigenvalue weighted by Crippen LogP contribution is 2.47. The number of aromatic nitrogens is 1. The molecule has 0 bridgehead atoms. The van der Waals surface area contributed by atoms with Crippen molar-refractivity contribution in [1.29, 1.82) is 0 Å². The third-order valence-corrected chi connectivity index (χ3v) is 7.04. The van der Waals surface area contributed by atoms with E-state index in [1.807, 2.05) is 0 Å². The lowest BCUT2D eigenvalue weighted by atomic mass is 9.81. The van der Waals surface area contributed by atoms with Crippen LogP contribution in [0.5, 0.6) is 17.2 Å². The maximum absolute atomic E-state index is 14.6. The number of halogens is 4. The van der Waals surface area contributed by atoms with Crippen LogP contribution in [0.2, 0.25) is 0 Å². The number of ether oxygens (including phenoxy) is 3. The summed E-state index contributed by atoms with van der Waals surface area (Å²) in [7, 11) is 1.29. The van der Waals surface area contributed by atoms with Gasteiger partial charge in [-0.1, -0.05) is 0 Å². The van der Waals surface area contributed by atoms with Gasteiger partial charge in [0, 0.05) is 16.7 Å². The van der Waals surface area contributed by atoms with Crippen LogP contribution < -0.4 is 25.3 Å². The van der Waals surface area contributed by atoms with Gasteiger partial charge in [0.05, 0.1) is 25.5 Å². The predicted octanol–water partition coefficient (Wildman–Crippen LogP) is 2.97. The van der Waals surface area contributed by atoms with E-state index in [1.54, 1.807) is 0 Å². The highest BCUT2D eigenvalue weighted by atomic mass is 19.4. The number of hydrogen-bond donors (Lipinski definition) is 4. The molecule has 0 saturated heterocycles. The van der Waals surface area contributed by atoms with Gasteiger partial charge in [-0.3, -0.25) is 9.59 Å². The van der Waals surface area contributed by atoms with Crippen LogP contribution in [0.1, 0.15) is 35.5 Å². The standard InChI is InChI=1S/C29H29F4N3O7/c1-15(37)12-42-20-9-6-17(10-21(20)41-3)25(38)35-13-28(40,29(31,32)33)22-11-19-24(43-14-27(19,2)26(34)39)23(36-22)16-4-7-18(30)8-5-16/h4-11,15,37,40H,12-14H2,1-3H3,(H2,34,39)(H,35,38)/t15-,27-,28-/m0/s1. The fourth-order valence-corrected chi connectivity index (χ4v) is 4.39. The quantitative estimate of drug-likeness (QED) is 0.257. The Morgan fingerprint density at radius 1 is 1.16 bits per heavy atom.